The van der Waals surface area contributed by atoms with E-state index in [0.29, 0.717) is 16.6 Å². The number of aromatic nitrogens is 2. The fraction of sp³-hybridized carbons (Fsp3) is 0.500. The molecule has 0 aromatic carbocycles. The molecule has 0 spiro atoms. The molecule has 1 fully saturated rings. The van der Waals surface area contributed by atoms with Crippen LogP contribution >= 0.6 is 11.3 Å². The SMILES string of the molecule is CN(C)C1CCCN(C(=O)c2sc3nnccc3c2N)C1. The van der Waals surface area contributed by atoms with Crippen LogP contribution < -0.4 is 5.73 Å². The third kappa shape index (κ3) is 2.58. The molecule has 0 radical (unpaired) electrons. The van der Waals surface area contributed by atoms with Crippen LogP contribution in [0.4, 0.5) is 5.69 Å². The number of amides is 1. The number of likely N-dealkylation sites (tertiary alicyclic amines) is 1. The van der Waals surface area contributed by atoms with E-state index in [0.717, 1.165) is 36.1 Å². The van der Waals surface area contributed by atoms with Crippen molar-refractivity contribution in [2.24, 2.45) is 0 Å². The van der Waals surface area contributed by atoms with Crippen molar-refractivity contribution >= 4 is 33.1 Å². The number of likely N-dealkylation sites (N-methyl/N-ethyl adjacent to an activating group) is 1. The molecule has 1 unspecified atom stereocenters. The lowest BCUT2D eigenvalue weighted by molar-refractivity contribution is 0.0641. The fourth-order valence-electron chi connectivity index (χ4n) is 2.74. The number of rotatable bonds is 2. The molecule has 0 aliphatic carbocycles. The highest BCUT2D eigenvalue weighted by Crippen LogP contribution is 2.33. The molecular formula is C14H19N5OS. The van der Waals surface area contributed by atoms with Gasteiger partial charge >= 0.3 is 0 Å². The van der Waals surface area contributed by atoms with Crippen LogP contribution in [0.25, 0.3) is 10.2 Å². The van der Waals surface area contributed by atoms with E-state index in [9.17, 15) is 4.79 Å². The zero-order chi connectivity index (χ0) is 15.0. The van der Waals surface area contributed by atoms with Gasteiger partial charge in [-0.1, -0.05) is 0 Å². The Bertz CT molecular complexity index is 668. The van der Waals surface area contributed by atoms with Gasteiger partial charge in [-0.2, -0.15) is 5.10 Å². The van der Waals surface area contributed by atoms with Crippen LogP contribution in [-0.4, -0.2) is 59.1 Å². The van der Waals surface area contributed by atoms with E-state index < -0.39 is 0 Å². The lowest BCUT2D eigenvalue weighted by atomic mass is 10.0. The smallest absolute Gasteiger partial charge is 0.266 e. The maximum atomic E-state index is 12.7. The highest BCUT2D eigenvalue weighted by atomic mass is 32.1. The molecule has 1 saturated heterocycles. The van der Waals surface area contributed by atoms with Crippen molar-refractivity contribution < 1.29 is 4.79 Å². The molecule has 2 N–H and O–H groups in total. The molecule has 1 aliphatic rings. The van der Waals surface area contributed by atoms with Gasteiger partial charge < -0.3 is 15.5 Å². The summed E-state index contributed by atoms with van der Waals surface area (Å²) in [6, 6.07) is 2.22. The first-order valence-corrected chi connectivity index (χ1v) is 7.85. The first kappa shape index (κ1) is 14.2. The molecule has 0 saturated carbocycles. The number of thiophene rings is 1. The fourth-order valence-corrected chi connectivity index (χ4v) is 3.74. The maximum absolute atomic E-state index is 12.7. The summed E-state index contributed by atoms with van der Waals surface area (Å²) in [5.41, 5.74) is 6.66. The Kier molecular flexibility index (Phi) is 3.77. The number of nitrogens with two attached hydrogens (primary N) is 1. The van der Waals surface area contributed by atoms with Gasteiger partial charge in [0.1, 0.15) is 9.71 Å². The lowest BCUT2D eigenvalue weighted by Crippen LogP contribution is -2.47. The molecule has 1 aliphatic heterocycles. The van der Waals surface area contributed by atoms with Gasteiger partial charge in [-0.15, -0.1) is 16.4 Å². The summed E-state index contributed by atoms with van der Waals surface area (Å²) in [5.74, 6) is 0.0158. The molecular weight excluding hydrogens is 286 g/mol. The Balaban J connectivity index is 1.88. The third-order valence-electron chi connectivity index (χ3n) is 4.03. The van der Waals surface area contributed by atoms with Crippen LogP contribution in [0.2, 0.25) is 0 Å². The summed E-state index contributed by atoms with van der Waals surface area (Å²) in [4.78, 5) is 18.1. The minimum atomic E-state index is 0.0158. The standard InChI is InChI=1S/C14H19N5OS/c1-18(2)9-4-3-7-19(8-9)14(20)12-11(15)10-5-6-16-17-13(10)21-12/h5-6,9H,3-4,7-8,15H2,1-2H3. The van der Waals surface area contributed by atoms with E-state index in [1.807, 2.05) is 11.0 Å². The first-order chi connectivity index (χ1) is 10.1. The summed E-state index contributed by atoms with van der Waals surface area (Å²) in [5, 5.41) is 8.71. The zero-order valence-electron chi connectivity index (χ0n) is 12.2. The van der Waals surface area contributed by atoms with Crippen molar-refractivity contribution in [3.63, 3.8) is 0 Å². The molecule has 1 atom stereocenters. The number of hydrogen-bond acceptors (Lipinski definition) is 6. The molecule has 21 heavy (non-hydrogen) atoms. The second kappa shape index (κ2) is 5.57. The number of carbonyl (C=O) groups excluding carboxylic acids is 1. The van der Waals surface area contributed by atoms with Crippen molar-refractivity contribution in [1.82, 2.24) is 20.0 Å². The number of nitrogens with zero attached hydrogens (tertiary/aromatic N) is 4. The summed E-state index contributed by atoms with van der Waals surface area (Å²) in [6.07, 6.45) is 3.76. The van der Waals surface area contributed by atoms with Crippen LogP contribution in [0.5, 0.6) is 0 Å². The predicted molar refractivity (Wildman–Crippen MR) is 84.4 cm³/mol. The number of fused-ring (bicyclic) bond motifs is 1. The maximum Gasteiger partial charge on any atom is 0.266 e. The molecule has 2 aromatic heterocycles. The van der Waals surface area contributed by atoms with Crippen molar-refractivity contribution in [3.8, 4) is 0 Å². The molecule has 7 heteroatoms. The summed E-state index contributed by atoms with van der Waals surface area (Å²) >= 11 is 1.33. The highest BCUT2D eigenvalue weighted by molar-refractivity contribution is 7.21. The molecule has 0 bridgehead atoms. The van der Waals surface area contributed by atoms with Gasteiger partial charge in [0, 0.05) is 24.5 Å². The van der Waals surface area contributed by atoms with Crippen molar-refractivity contribution in [1.29, 1.82) is 0 Å². The van der Waals surface area contributed by atoms with Gasteiger partial charge in [0.15, 0.2) is 0 Å². The predicted octanol–water partition coefficient (Wildman–Crippen LogP) is 1.44. The van der Waals surface area contributed by atoms with E-state index in [1.54, 1.807) is 6.20 Å². The van der Waals surface area contributed by atoms with E-state index >= 15 is 0 Å². The number of carbonyl (C=O) groups is 1. The van der Waals surface area contributed by atoms with Crippen molar-refractivity contribution in [3.05, 3.63) is 17.1 Å². The minimum absolute atomic E-state index is 0.0158. The average Bonchev–Trinajstić information content (AvgIpc) is 2.84. The summed E-state index contributed by atoms with van der Waals surface area (Å²) < 4.78 is 0. The van der Waals surface area contributed by atoms with Crippen LogP contribution in [0.15, 0.2) is 12.3 Å². The second-order valence-corrected chi connectivity index (χ2v) is 6.60. The second-order valence-electron chi connectivity index (χ2n) is 5.61. The Labute approximate surface area is 127 Å². The average molecular weight is 305 g/mol. The molecule has 112 valence electrons. The molecule has 1 amide bonds. The Morgan fingerprint density at radius 2 is 2.33 bits per heavy atom. The van der Waals surface area contributed by atoms with Gasteiger partial charge in [0.05, 0.1) is 11.9 Å². The van der Waals surface area contributed by atoms with Crippen LogP contribution in [0, 0.1) is 0 Å². The lowest BCUT2D eigenvalue weighted by Gasteiger charge is -2.36. The van der Waals surface area contributed by atoms with Gasteiger partial charge in [-0.3, -0.25) is 4.79 Å². The van der Waals surface area contributed by atoms with E-state index in [-0.39, 0.29) is 5.91 Å². The Morgan fingerprint density at radius 1 is 1.52 bits per heavy atom. The molecule has 2 aromatic rings. The third-order valence-corrected chi connectivity index (χ3v) is 5.12. The minimum Gasteiger partial charge on any atom is -0.397 e. The molecule has 6 nitrogen and oxygen atoms in total. The Morgan fingerprint density at radius 3 is 3.05 bits per heavy atom. The summed E-state index contributed by atoms with van der Waals surface area (Å²) in [6.45, 7) is 1.55. The van der Waals surface area contributed by atoms with Crippen molar-refractivity contribution in [2.75, 3.05) is 32.9 Å². The molecule has 3 rings (SSSR count). The normalized spacial score (nSPS) is 19.4. The largest absolute Gasteiger partial charge is 0.397 e. The van der Waals surface area contributed by atoms with Crippen LogP contribution in [-0.2, 0) is 0 Å². The van der Waals surface area contributed by atoms with E-state index in [4.69, 9.17) is 5.73 Å². The quantitative estimate of drug-likeness (QED) is 0.908. The van der Waals surface area contributed by atoms with Crippen molar-refractivity contribution in [2.45, 2.75) is 18.9 Å². The van der Waals surface area contributed by atoms with Crippen LogP contribution in [0.3, 0.4) is 0 Å². The zero-order valence-corrected chi connectivity index (χ0v) is 13.1. The summed E-state index contributed by atoms with van der Waals surface area (Å²) in [7, 11) is 4.12. The Hall–Kier alpha value is -1.73. The van der Waals surface area contributed by atoms with Gasteiger partial charge in [-0.25, -0.2) is 0 Å². The number of anilines is 1. The topological polar surface area (TPSA) is 75.3 Å². The van der Waals surface area contributed by atoms with Gasteiger partial charge in [0.25, 0.3) is 5.91 Å². The number of hydrogen-bond donors (Lipinski definition) is 1. The first-order valence-electron chi connectivity index (χ1n) is 7.03. The number of nitrogen functional groups attached to an aromatic ring is 1. The van der Waals surface area contributed by atoms with Gasteiger partial charge in [-0.05, 0) is 33.0 Å². The molecule has 3 heterocycles. The van der Waals surface area contributed by atoms with Crippen LogP contribution in [0.1, 0.15) is 22.5 Å². The number of piperidine rings is 1. The highest BCUT2D eigenvalue weighted by Gasteiger charge is 2.28. The van der Waals surface area contributed by atoms with E-state index in [2.05, 4.69) is 29.2 Å². The van der Waals surface area contributed by atoms with Gasteiger partial charge in [0.2, 0.25) is 0 Å². The monoisotopic (exact) mass is 305 g/mol. The van der Waals surface area contributed by atoms with E-state index in [1.165, 1.54) is 11.3 Å².